The zero-order valence-corrected chi connectivity index (χ0v) is 28.7. The third kappa shape index (κ3) is 12.4. The summed E-state index contributed by atoms with van der Waals surface area (Å²) in [6.45, 7) is 8.24. The van der Waals surface area contributed by atoms with Crippen LogP contribution >= 0.6 is 35.1 Å². The van der Waals surface area contributed by atoms with Gasteiger partial charge in [0, 0.05) is 69.8 Å². The third-order valence-corrected chi connectivity index (χ3v) is 9.11. The van der Waals surface area contributed by atoms with Crippen molar-refractivity contribution in [3.63, 3.8) is 0 Å². The summed E-state index contributed by atoms with van der Waals surface area (Å²) in [4.78, 5) is 39.6. The van der Waals surface area contributed by atoms with Gasteiger partial charge in [0.25, 0.3) is 0 Å². The number of carbonyl (C=O) groups excluding carboxylic acids is 1. The number of carboxylic acid groups (broad SMARTS) is 2. The Kier molecular flexibility index (Phi) is 15.0. The first-order chi connectivity index (χ1) is 21.9. The minimum absolute atomic E-state index is 0.130. The number of nitrogens with one attached hydrogen (secondary N) is 1. The fourth-order valence-electron chi connectivity index (χ4n) is 4.75. The number of thioether (sulfide) groups is 1. The Labute approximate surface area is 284 Å². The van der Waals surface area contributed by atoms with Crippen LogP contribution in [-0.2, 0) is 20.7 Å². The number of carbonyl (C=O) groups is 3. The van der Waals surface area contributed by atoms with E-state index in [1.54, 1.807) is 38.1 Å². The molecule has 2 aliphatic rings. The number of anilines is 1. The van der Waals surface area contributed by atoms with Gasteiger partial charge >= 0.3 is 18.0 Å². The molecule has 0 spiro atoms. The smallest absolute Gasteiger partial charge is 0.411 e. The lowest BCUT2D eigenvalue weighted by Crippen LogP contribution is -2.46. The largest absolute Gasteiger partial charge is 0.478 e. The van der Waals surface area contributed by atoms with Gasteiger partial charge in [-0.1, -0.05) is 47.6 Å². The van der Waals surface area contributed by atoms with Crippen LogP contribution in [0, 0.1) is 0 Å². The van der Waals surface area contributed by atoms with Gasteiger partial charge in [-0.15, -0.1) is 11.8 Å². The normalized spacial score (nSPS) is 16.1. The van der Waals surface area contributed by atoms with Crippen LogP contribution in [0.5, 0.6) is 0 Å². The molecule has 5 rings (SSSR count). The van der Waals surface area contributed by atoms with Crippen molar-refractivity contribution in [3.05, 3.63) is 95.0 Å². The van der Waals surface area contributed by atoms with Crippen molar-refractivity contribution in [3.8, 4) is 0 Å². The molecule has 12 heteroatoms. The lowest BCUT2D eigenvalue weighted by molar-refractivity contribution is -0.134. The van der Waals surface area contributed by atoms with Crippen molar-refractivity contribution < 1.29 is 29.3 Å². The van der Waals surface area contributed by atoms with Gasteiger partial charge in [0.1, 0.15) is 0 Å². The molecular weight excluding hydrogens is 646 g/mol. The van der Waals surface area contributed by atoms with E-state index in [9.17, 15) is 14.4 Å². The molecule has 0 saturated carbocycles. The first-order valence-corrected chi connectivity index (χ1v) is 17.1. The molecule has 9 nitrogen and oxygen atoms in total. The van der Waals surface area contributed by atoms with Gasteiger partial charge < -0.3 is 19.8 Å². The highest BCUT2D eigenvalue weighted by Crippen LogP contribution is 2.44. The molecule has 0 bridgehead atoms. The first kappa shape index (κ1) is 37.0. The predicted octanol–water partition coefficient (Wildman–Crippen LogP) is 7.41. The highest BCUT2D eigenvalue weighted by atomic mass is 35.5. The van der Waals surface area contributed by atoms with Crippen LogP contribution < -0.4 is 5.32 Å². The van der Waals surface area contributed by atoms with Crippen LogP contribution in [0.2, 0.25) is 5.02 Å². The Hall–Kier alpha value is -3.48. The summed E-state index contributed by atoms with van der Waals surface area (Å²) in [6, 6.07) is 23.4. The molecule has 46 heavy (non-hydrogen) atoms. The van der Waals surface area contributed by atoms with Gasteiger partial charge in [0.15, 0.2) is 0 Å². The van der Waals surface area contributed by atoms with Gasteiger partial charge in [-0.25, -0.2) is 14.4 Å². The van der Waals surface area contributed by atoms with Crippen molar-refractivity contribution in [2.45, 2.75) is 47.1 Å². The number of amides is 1. The van der Waals surface area contributed by atoms with Crippen molar-refractivity contribution in [2.75, 3.05) is 44.8 Å². The van der Waals surface area contributed by atoms with E-state index in [1.165, 1.54) is 38.9 Å². The van der Waals surface area contributed by atoms with E-state index in [4.69, 9.17) is 26.6 Å². The lowest BCUT2D eigenvalue weighted by atomic mass is 9.96. The molecule has 1 atom stereocenters. The maximum Gasteiger partial charge on any atom is 0.411 e. The summed E-state index contributed by atoms with van der Waals surface area (Å²) < 4.78 is 4.90. The fourth-order valence-corrected chi connectivity index (χ4v) is 6.50. The zero-order valence-electron chi connectivity index (χ0n) is 26.3. The molecule has 3 N–H and O–H groups in total. The summed E-state index contributed by atoms with van der Waals surface area (Å²) in [6.07, 6.45) is 3.81. The second-order valence-corrected chi connectivity index (χ2v) is 13.2. The van der Waals surface area contributed by atoms with E-state index in [-0.39, 0.29) is 6.10 Å². The van der Waals surface area contributed by atoms with Crippen molar-refractivity contribution in [1.29, 1.82) is 0 Å². The van der Waals surface area contributed by atoms with Gasteiger partial charge in [-0.05, 0) is 87.2 Å². The number of carboxylic acids is 2. The number of hydrogen-bond donors (Lipinski definition) is 3. The first-order valence-electron chi connectivity index (χ1n) is 14.7. The second-order valence-electron chi connectivity index (χ2n) is 10.8. The number of rotatable bonds is 6. The van der Waals surface area contributed by atoms with Crippen LogP contribution in [0.3, 0.4) is 0 Å². The van der Waals surface area contributed by atoms with E-state index < -0.39 is 18.0 Å². The van der Waals surface area contributed by atoms with Crippen LogP contribution in [0.25, 0.3) is 0 Å². The van der Waals surface area contributed by atoms with Crippen molar-refractivity contribution >= 4 is 58.8 Å². The third-order valence-electron chi connectivity index (χ3n) is 6.94. The van der Waals surface area contributed by atoms with Crippen LogP contribution in [0.4, 0.5) is 10.5 Å². The summed E-state index contributed by atoms with van der Waals surface area (Å²) in [5, 5.41) is 18.8. The lowest BCUT2D eigenvalue weighted by Gasteiger charge is -2.38. The Morgan fingerprint density at radius 1 is 0.957 bits per heavy atom. The molecule has 2 aliphatic heterocycles. The van der Waals surface area contributed by atoms with E-state index in [0.717, 1.165) is 19.5 Å². The minimum atomic E-state index is -1.26. The number of halogens is 1. The summed E-state index contributed by atoms with van der Waals surface area (Å²) >= 11 is 9.53. The molecule has 246 valence electrons. The van der Waals surface area contributed by atoms with Crippen LogP contribution in [-0.4, -0.2) is 83.6 Å². The van der Waals surface area contributed by atoms with E-state index in [1.807, 2.05) is 23.5 Å². The predicted molar refractivity (Wildman–Crippen MR) is 185 cm³/mol. The monoisotopic (exact) mass is 685 g/mol. The second kappa shape index (κ2) is 18.6. The summed E-state index contributed by atoms with van der Waals surface area (Å²) in [5.74, 6) is -2.51. The average Bonchev–Trinajstić information content (AvgIpc) is 3.17. The van der Waals surface area contributed by atoms with Crippen LogP contribution in [0.15, 0.2) is 93.6 Å². The quantitative estimate of drug-likeness (QED) is 0.179. The molecule has 1 saturated heterocycles. The average molecular weight is 686 g/mol. The number of fused-ring (bicyclic) bond motifs is 2. The van der Waals surface area contributed by atoms with E-state index in [2.05, 4.69) is 70.9 Å². The Bertz CT molecular complexity index is 1500. The number of piperazine rings is 1. The molecule has 2 heterocycles. The molecule has 3 aromatic carbocycles. The topological polar surface area (TPSA) is 119 Å². The molecule has 1 unspecified atom stereocenters. The highest BCUT2D eigenvalue weighted by molar-refractivity contribution is 7.99. The Morgan fingerprint density at radius 3 is 2.24 bits per heavy atom. The van der Waals surface area contributed by atoms with Gasteiger partial charge in [-0.2, -0.15) is 0 Å². The number of likely N-dealkylation sites (N-methyl/N-ethyl adjacent to an activating group) is 1. The fraction of sp³-hybridized carbons (Fsp3) is 0.324. The summed E-state index contributed by atoms with van der Waals surface area (Å²) in [7, 11) is 2.23. The van der Waals surface area contributed by atoms with Crippen LogP contribution in [0.1, 0.15) is 31.0 Å². The number of nitrogens with zero attached hydrogens (tertiary/aromatic N) is 2. The molecule has 1 amide bonds. The molecule has 0 aliphatic carbocycles. The molecule has 3 aromatic rings. The highest BCUT2D eigenvalue weighted by Gasteiger charge is 2.29. The van der Waals surface area contributed by atoms with E-state index >= 15 is 0 Å². The standard InChI is InChI=1S/C20H24N2S2.C10H12ClNO2.C4H4O4/c1-21-9-11-22(12-10-21)18-13-15-5-3-4-6-19(15)24-20-8-7-16(23-2)14-17(18)20;1-7(2)14-10(13)12-9-5-3-4-8(11)6-9;5-3(6)1-2-4(7)8/h3-8,14,18H,9-13H2,1-2H3;3-7H,1-2H3,(H,12,13);1-2H,(H,5,6)(H,7,8). The molecule has 0 radical (unpaired) electrons. The van der Waals surface area contributed by atoms with Crippen molar-refractivity contribution in [1.82, 2.24) is 9.80 Å². The number of ether oxygens (including phenoxy) is 1. The Morgan fingerprint density at radius 2 is 1.63 bits per heavy atom. The summed E-state index contributed by atoms with van der Waals surface area (Å²) in [5.41, 5.74) is 3.64. The van der Waals surface area contributed by atoms with Gasteiger partial charge in [-0.3, -0.25) is 10.2 Å². The molecule has 1 fully saturated rings. The van der Waals surface area contributed by atoms with Crippen molar-refractivity contribution in [2.24, 2.45) is 0 Å². The Balaban J connectivity index is 0.000000222. The molecular formula is C34H40ClN3O6S2. The number of aliphatic carboxylic acids is 2. The molecule has 0 aromatic heterocycles. The minimum Gasteiger partial charge on any atom is -0.478 e. The SMILES string of the molecule is CC(C)OC(=O)Nc1cccc(Cl)c1.CSc1ccc2c(c1)C(N1CCN(C)CC1)Cc1ccccc1S2.O=C(O)C=CC(=O)O. The number of benzene rings is 3. The van der Waals surface area contributed by atoms with Gasteiger partial charge in [0.2, 0.25) is 0 Å². The maximum absolute atomic E-state index is 11.2. The van der Waals surface area contributed by atoms with E-state index in [0.29, 0.717) is 28.9 Å². The zero-order chi connectivity index (χ0) is 33.6. The van der Waals surface area contributed by atoms with Gasteiger partial charge in [0.05, 0.1) is 6.10 Å². The maximum atomic E-state index is 11.2. The number of hydrogen-bond acceptors (Lipinski definition) is 8.